The first kappa shape index (κ1) is 13.6. The Balaban J connectivity index is 2.72. The van der Waals surface area contributed by atoms with Crippen LogP contribution in [0.3, 0.4) is 0 Å². The van der Waals surface area contributed by atoms with E-state index in [2.05, 4.69) is 0 Å². The van der Waals surface area contributed by atoms with Gasteiger partial charge >= 0.3 is 0 Å². The molecule has 1 aromatic rings. The summed E-state index contributed by atoms with van der Waals surface area (Å²) in [5, 5.41) is 0. The van der Waals surface area contributed by atoms with E-state index in [4.69, 9.17) is 11.6 Å². The molecular formula is C13H17ClOS. The van der Waals surface area contributed by atoms with E-state index in [1.165, 1.54) is 11.8 Å². The molecule has 1 atom stereocenters. The van der Waals surface area contributed by atoms with Crippen LogP contribution in [0, 0.1) is 5.41 Å². The SMILES string of the molecule is CCC(=O)C(C)(C)C(Cl)Sc1ccccc1. The van der Waals surface area contributed by atoms with Crippen molar-refractivity contribution in [1.82, 2.24) is 0 Å². The average Bonchev–Trinajstić information content (AvgIpc) is 2.29. The number of carbonyl (C=O) groups excluding carboxylic acids is 1. The van der Waals surface area contributed by atoms with Gasteiger partial charge < -0.3 is 0 Å². The molecule has 0 heterocycles. The Bertz CT molecular complexity index is 348. The fourth-order valence-electron chi connectivity index (χ4n) is 1.35. The van der Waals surface area contributed by atoms with Crippen molar-refractivity contribution in [3.63, 3.8) is 0 Å². The molecule has 0 aliphatic carbocycles. The highest BCUT2D eigenvalue weighted by atomic mass is 35.5. The Labute approximate surface area is 107 Å². The predicted molar refractivity (Wildman–Crippen MR) is 71.0 cm³/mol. The minimum atomic E-state index is -0.489. The summed E-state index contributed by atoms with van der Waals surface area (Å²) in [7, 11) is 0. The third-order valence-electron chi connectivity index (χ3n) is 2.59. The molecule has 0 aromatic heterocycles. The van der Waals surface area contributed by atoms with Gasteiger partial charge in [0, 0.05) is 16.7 Å². The monoisotopic (exact) mass is 256 g/mol. The highest BCUT2D eigenvalue weighted by Gasteiger charge is 2.34. The molecule has 0 saturated carbocycles. The van der Waals surface area contributed by atoms with E-state index in [-0.39, 0.29) is 10.5 Å². The lowest BCUT2D eigenvalue weighted by Gasteiger charge is -2.27. The van der Waals surface area contributed by atoms with Gasteiger partial charge in [-0.25, -0.2) is 0 Å². The second-order valence-corrected chi connectivity index (χ2v) is 6.12. The summed E-state index contributed by atoms with van der Waals surface area (Å²) in [6.45, 7) is 5.69. The van der Waals surface area contributed by atoms with E-state index < -0.39 is 5.41 Å². The fourth-order valence-corrected chi connectivity index (χ4v) is 2.76. The molecule has 16 heavy (non-hydrogen) atoms. The van der Waals surface area contributed by atoms with Crippen molar-refractivity contribution in [3.05, 3.63) is 30.3 Å². The van der Waals surface area contributed by atoms with Crippen molar-refractivity contribution in [2.24, 2.45) is 5.41 Å². The first-order chi connectivity index (χ1) is 7.48. The maximum Gasteiger partial charge on any atom is 0.140 e. The maximum absolute atomic E-state index is 11.8. The van der Waals surface area contributed by atoms with Gasteiger partial charge in [0.05, 0.1) is 4.71 Å². The molecule has 0 aliphatic heterocycles. The number of ketones is 1. The molecule has 0 bridgehead atoms. The molecular weight excluding hydrogens is 240 g/mol. The van der Waals surface area contributed by atoms with Gasteiger partial charge in [-0.15, -0.1) is 23.4 Å². The average molecular weight is 257 g/mol. The number of carbonyl (C=O) groups is 1. The quantitative estimate of drug-likeness (QED) is 0.576. The number of hydrogen-bond donors (Lipinski definition) is 0. The summed E-state index contributed by atoms with van der Waals surface area (Å²) in [4.78, 5) is 12.9. The van der Waals surface area contributed by atoms with E-state index in [0.717, 1.165) is 4.90 Å². The molecule has 0 fully saturated rings. The third kappa shape index (κ3) is 3.26. The zero-order valence-corrected chi connectivity index (χ0v) is 11.4. The van der Waals surface area contributed by atoms with E-state index in [9.17, 15) is 4.79 Å². The largest absolute Gasteiger partial charge is 0.299 e. The lowest BCUT2D eigenvalue weighted by molar-refractivity contribution is -0.126. The Morgan fingerprint density at radius 1 is 1.38 bits per heavy atom. The van der Waals surface area contributed by atoms with Gasteiger partial charge in [0.15, 0.2) is 0 Å². The van der Waals surface area contributed by atoms with Gasteiger partial charge in [-0.2, -0.15) is 0 Å². The summed E-state index contributed by atoms with van der Waals surface area (Å²) in [5.74, 6) is 0.205. The molecule has 1 unspecified atom stereocenters. The fraction of sp³-hybridized carbons (Fsp3) is 0.462. The van der Waals surface area contributed by atoms with Gasteiger partial charge in [-0.1, -0.05) is 39.0 Å². The Hall–Kier alpha value is -0.470. The second-order valence-electron chi connectivity index (χ2n) is 4.25. The molecule has 0 amide bonds. The van der Waals surface area contributed by atoms with Crippen LogP contribution in [0.2, 0.25) is 0 Å². The third-order valence-corrected chi connectivity index (χ3v) is 4.74. The van der Waals surface area contributed by atoms with Crippen molar-refractivity contribution >= 4 is 29.1 Å². The maximum atomic E-state index is 11.8. The standard InChI is InChI=1S/C13H17ClOS/c1-4-11(15)13(2,3)12(14)16-10-8-6-5-7-9-10/h5-9,12H,4H2,1-3H3. The molecule has 1 aromatic carbocycles. The highest BCUT2D eigenvalue weighted by molar-refractivity contribution is 8.01. The Morgan fingerprint density at radius 3 is 2.44 bits per heavy atom. The number of rotatable bonds is 5. The lowest BCUT2D eigenvalue weighted by Crippen LogP contribution is -2.31. The normalized spacial score (nSPS) is 13.5. The van der Waals surface area contributed by atoms with E-state index in [1.807, 2.05) is 51.1 Å². The van der Waals surface area contributed by atoms with Crippen LogP contribution in [0.15, 0.2) is 35.2 Å². The molecule has 0 spiro atoms. The van der Waals surface area contributed by atoms with E-state index >= 15 is 0 Å². The number of benzene rings is 1. The predicted octanol–water partition coefficient (Wildman–Crippen LogP) is 4.35. The molecule has 0 radical (unpaired) electrons. The van der Waals surface area contributed by atoms with Crippen LogP contribution in [-0.4, -0.2) is 10.5 Å². The summed E-state index contributed by atoms with van der Waals surface area (Å²) in [5.41, 5.74) is -0.489. The van der Waals surface area contributed by atoms with Crippen molar-refractivity contribution < 1.29 is 4.79 Å². The van der Waals surface area contributed by atoms with Crippen molar-refractivity contribution in [3.8, 4) is 0 Å². The van der Waals surface area contributed by atoms with Gasteiger partial charge in [0.25, 0.3) is 0 Å². The zero-order valence-electron chi connectivity index (χ0n) is 9.87. The smallest absolute Gasteiger partial charge is 0.140 e. The van der Waals surface area contributed by atoms with Gasteiger partial charge in [0.1, 0.15) is 5.78 Å². The molecule has 3 heteroatoms. The van der Waals surface area contributed by atoms with Crippen LogP contribution in [-0.2, 0) is 4.79 Å². The van der Waals surface area contributed by atoms with Crippen LogP contribution < -0.4 is 0 Å². The minimum absolute atomic E-state index is 0.205. The number of hydrogen-bond acceptors (Lipinski definition) is 2. The summed E-state index contributed by atoms with van der Waals surface area (Å²) in [6, 6.07) is 9.93. The van der Waals surface area contributed by atoms with Crippen LogP contribution >= 0.6 is 23.4 Å². The lowest BCUT2D eigenvalue weighted by atomic mass is 9.89. The Kier molecular flexibility index (Phi) is 4.88. The summed E-state index contributed by atoms with van der Waals surface area (Å²) >= 11 is 7.86. The van der Waals surface area contributed by atoms with Crippen molar-refractivity contribution in [2.45, 2.75) is 36.8 Å². The van der Waals surface area contributed by atoms with Gasteiger partial charge in [-0.05, 0) is 12.1 Å². The van der Waals surface area contributed by atoms with Gasteiger partial charge in [-0.3, -0.25) is 4.79 Å². The topological polar surface area (TPSA) is 17.1 Å². The first-order valence-corrected chi connectivity index (χ1v) is 6.69. The molecule has 0 aliphatic rings. The van der Waals surface area contributed by atoms with Crippen molar-refractivity contribution in [2.75, 3.05) is 0 Å². The number of alkyl halides is 1. The van der Waals surface area contributed by atoms with Crippen LogP contribution in [0.5, 0.6) is 0 Å². The Morgan fingerprint density at radius 2 is 1.94 bits per heavy atom. The first-order valence-electron chi connectivity index (χ1n) is 5.37. The van der Waals surface area contributed by atoms with Crippen LogP contribution in [0.4, 0.5) is 0 Å². The zero-order chi connectivity index (χ0) is 12.2. The molecule has 0 saturated heterocycles. The number of thioether (sulfide) groups is 1. The molecule has 88 valence electrons. The van der Waals surface area contributed by atoms with Crippen LogP contribution in [0.25, 0.3) is 0 Å². The molecule has 1 rings (SSSR count). The second kappa shape index (κ2) is 5.74. The van der Waals surface area contributed by atoms with Gasteiger partial charge in [0.2, 0.25) is 0 Å². The highest BCUT2D eigenvalue weighted by Crippen LogP contribution is 2.39. The minimum Gasteiger partial charge on any atom is -0.299 e. The number of Topliss-reactive ketones (excluding diaryl/α,β-unsaturated/α-hetero) is 1. The van der Waals surface area contributed by atoms with E-state index in [0.29, 0.717) is 6.42 Å². The van der Waals surface area contributed by atoms with Crippen molar-refractivity contribution in [1.29, 1.82) is 0 Å². The molecule has 1 nitrogen and oxygen atoms in total. The molecule has 0 N–H and O–H groups in total. The summed E-state index contributed by atoms with van der Waals surface area (Å²) < 4.78 is -0.234. The van der Waals surface area contributed by atoms with Crippen LogP contribution in [0.1, 0.15) is 27.2 Å². The summed E-state index contributed by atoms with van der Waals surface area (Å²) in [6.07, 6.45) is 0.533. The van der Waals surface area contributed by atoms with E-state index in [1.54, 1.807) is 0 Å². The number of halogens is 1.